The largest absolute Gasteiger partial charge is 0.508 e. The van der Waals surface area contributed by atoms with E-state index < -0.39 is 47.9 Å². The first-order valence-corrected chi connectivity index (χ1v) is 13.4. The molecule has 3 aromatic rings. The van der Waals surface area contributed by atoms with Crippen molar-refractivity contribution in [2.45, 2.75) is 57.3 Å². The van der Waals surface area contributed by atoms with Crippen LogP contribution in [0.1, 0.15) is 30.7 Å². The lowest BCUT2D eigenvalue weighted by Crippen LogP contribution is -2.58. The number of carboxylic acids is 1. The van der Waals surface area contributed by atoms with E-state index in [4.69, 9.17) is 5.73 Å². The minimum atomic E-state index is -1.33. The van der Waals surface area contributed by atoms with Crippen molar-refractivity contribution in [3.8, 4) is 11.5 Å². The fourth-order valence-corrected chi connectivity index (χ4v) is 4.09. The molecule has 0 fully saturated rings. The van der Waals surface area contributed by atoms with Gasteiger partial charge in [0.2, 0.25) is 17.7 Å². The number of aromatic nitrogens is 2. The number of phenols is 2. The third-order valence-corrected chi connectivity index (χ3v) is 6.63. The Hall–Kier alpha value is -4.91. The van der Waals surface area contributed by atoms with Gasteiger partial charge in [-0.15, -0.1) is 0 Å². The molecule has 4 unspecified atom stereocenters. The van der Waals surface area contributed by atoms with E-state index in [1.165, 1.54) is 36.8 Å². The second-order valence-electron chi connectivity index (χ2n) is 10.3. The van der Waals surface area contributed by atoms with Crippen molar-refractivity contribution in [1.29, 1.82) is 0 Å². The van der Waals surface area contributed by atoms with Crippen LogP contribution in [0.3, 0.4) is 0 Å². The minimum absolute atomic E-state index is 0.00690. The third-order valence-electron chi connectivity index (χ3n) is 6.63. The van der Waals surface area contributed by atoms with Gasteiger partial charge in [0.05, 0.1) is 12.4 Å². The van der Waals surface area contributed by atoms with Gasteiger partial charge in [-0.2, -0.15) is 0 Å². The SMILES string of the molecule is CC(C)C(N)C(=O)NC(Cc1ccc(O)cc1)C(=O)NC(Cc1ccc(O)cc1)C(=O)NC(Cc1cnc[nH]1)C(=O)O. The number of rotatable bonds is 14. The third kappa shape index (κ3) is 9.34. The van der Waals surface area contributed by atoms with Crippen LogP contribution in [0, 0.1) is 5.92 Å². The number of aromatic amines is 1. The Kier molecular flexibility index (Phi) is 11.0. The molecule has 9 N–H and O–H groups in total. The zero-order valence-electron chi connectivity index (χ0n) is 23.3. The van der Waals surface area contributed by atoms with Crippen LogP contribution >= 0.6 is 0 Å². The molecule has 2 aromatic carbocycles. The molecule has 42 heavy (non-hydrogen) atoms. The Morgan fingerprint density at radius 1 is 0.762 bits per heavy atom. The molecule has 13 heteroatoms. The van der Waals surface area contributed by atoms with Crippen molar-refractivity contribution in [2.24, 2.45) is 11.7 Å². The van der Waals surface area contributed by atoms with Crippen LogP contribution in [0.5, 0.6) is 11.5 Å². The van der Waals surface area contributed by atoms with Gasteiger partial charge >= 0.3 is 5.97 Å². The van der Waals surface area contributed by atoms with Crippen LogP contribution in [0.25, 0.3) is 0 Å². The molecule has 3 rings (SSSR count). The van der Waals surface area contributed by atoms with Gasteiger partial charge in [-0.3, -0.25) is 14.4 Å². The molecular formula is C29H36N6O7. The number of amides is 3. The van der Waals surface area contributed by atoms with Gasteiger partial charge < -0.3 is 42.0 Å². The molecule has 0 saturated carbocycles. The Morgan fingerprint density at radius 2 is 1.21 bits per heavy atom. The highest BCUT2D eigenvalue weighted by atomic mass is 16.4. The second-order valence-corrected chi connectivity index (χ2v) is 10.3. The number of carboxylic acid groups (broad SMARTS) is 1. The Labute approximate surface area is 242 Å². The lowest BCUT2D eigenvalue weighted by molar-refractivity contribution is -0.142. The predicted octanol–water partition coefficient (Wildman–Crippen LogP) is 0.371. The fraction of sp³-hybridized carbons (Fsp3) is 0.345. The monoisotopic (exact) mass is 580 g/mol. The number of nitrogens with zero attached hydrogens (tertiary/aromatic N) is 1. The molecule has 1 aromatic heterocycles. The summed E-state index contributed by atoms with van der Waals surface area (Å²) in [4.78, 5) is 58.5. The van der Waals surface area contributed by atoms with Crippen molar-refractivity contribution in [3.05, 3.63) is 77.9 Å². The van der Waals surface area contributed by atoms with E-state index in [0.717, 1.165) is 0 Å². The number of imidazole rings is 1. The van der Waals surface area contributed by atoms with Crippen molar-refractivity contribution >= 4 is 23.7 Å². The molecule has 0 spiro atoms. The van der Waals surface area contributed by atoms with E-state index in [1.54, 1.807) is 38.1 Å². The number of carbonyl (C=O) groups is 4. The summed E-state index contributed by atoms with van der Waals surface area (Å²) < 4.78 is 0. The first-order chi connectivity index (χ1) is 19.9. The molecule has 3 amide bonds. The topological polar surface area (TPSA) is 220 Å². The fourth-order valence-electron chi connectivity index (χ4n) is 4.09. The van der Waals surface area contributed by atoms with Crippen molar-refractivity contribution in [3.63, 3.8) is 0 Å². The molecule has 0 radical (unpaired) electrons. The summed E-state index contributed by atoms with van der Waals surface area (Å²) in [7, 11) is 0. The molecular weight excluding hydrogens is 544 g/mol. The summed E-state index contributed by atoms with van der Waals surface area (Å²) in [6.07, 6.45) is 2.73. The van der Waals surface area contributed by atoms with Crippen molar-refractivity contribution < 1.29 is 34.5 Å². The molecule has 0 aliphatic heterocycles. The second kappa shape index (κ2) is 14.6. The summed E-state index contributed by atoms with van der Waals surface area (Å²) in [5, 5.41) is 36.8. The summed E-state index contributed by atoms with van der Waals surface area (Å²) >= 11 is 0. The molecule has 224 valence electrons. The van der Waals surface area contributed by atoms with Crippen molar-refractivity contribution in [2.75, 3.05) is 0 Å². The van der Waals surface area contributed by atoms with Gasteiger partial charge in [-0.1, -0.05) is 38.1 Å². The number of benzene rings is 2. The van der Waals surface area contributed by atoms with Crippen LogP contribution in [0.2, 0.25) is 0 Å². The number of nitrogens with two attached hydrogens (primary N) is 1. The summed E-state index contributed by atoms with van der Waals surface area (Å²) in [5.74, 6) is -3.49. The van der Waals surface area contributed by atoms with Gasteiger partial charge in [0.15, 0.2) is 0 Å². The van der Waals surface area contributed by atoms with Gasteiger partial charge in [0, 0.05) is 31.2 Å². The normalized spacial score (nSPS) is 13.9. The zero-order valence-corrected chi connectivity index (χ0v) is 23.3. The molecule has 0 aliphatic carbocycles. The van der Waals surface area contributed by atoms with E-state index in [1.807, 2.05) is 0 Å². The van der Waals surface area contributed by atoms with E-state index in [0.29, 0.717) is 16.8 Å². The van der Waals surface area contributed by atoms with Gasteiger partial charge in [-0.05, 0) is 41.3 Å². The highest BCUT2D eigenvalue weighted by Gasteiger charge is 2.31. The number of nitrogens with one attached hydrogen (secondary N) is 4. The van der Waals surface area contributed by atoms with E-state index >= 15 is 0 Å². The Bertz CT molecular complexity index is 1340. The standard InChI is InChI=1S/C29H36N6O7/c1-16(2)25(30)28(40)34-23(12-18-5-9-21(37)10-6-18)26(38)33-22(11-17-3-7-20(36)8-4-17)27(39)35-24(29(41)42)13-19-14-31-15-32-19/h3-10,14-16,22-25,36-37H,11-13,30H2,1-2H3,(H,31,32)(H,33,38)(H,34,40)(H,35,39)(H,41,42). The van der Waals surface area contributed by atoms with Crippen molar-refractivity contribution in [1.82, 2.24) is 25.9 Å². The molecule has 1 heterocycles. The number of hydrogen-bond donors (Lipinski definition) is 8. The summed E-state index contributed by atoms with van der Waals surface area (Å²) in [6.45, 7) is 3.53. The maximum Gasteiger partial charge on any atom is 0.326 e. The zero-order chi connectivity index (χ0) is 30.8. The number of aromatic hydroxyl groups is 2. The number of aliphatic carboxylic acids is 1. The highest BCUT2D eigenvalue weighted by molar-refractivity contribution is 5.94. The van der Waals surface area contributed by atoms with Gasteiger partial charge in [0.25, 0.3) is 0 Å². The molecule has 4 atom stereocenters. The molecule has 13 nitrogen and oxygen atoms in total. The summed E-state index contributed by atoms with van der Waals surface area (Å²) in [5.41, 5.74) is 7.69. The predicted molar refractivity (Wildman–Crippen MR) is 152 cm³/mol. The number of phenolic OH excluding ortho intramolecular Hbond substituents is 2. The Balaban J connectivity index is 1.86. The first-order valence-electron chi connectivity index (χ1n) is 13.4. The average Bonchev–Trinajstić information content (AvgIpc) is 3.46. The van der Waals surface area contributed by atoms with Crippen LogP contribution in [-0.4, -0.2) is 73.1 Å². The Morgan fingerprint density at radius 3 is 1.62 bits per heavy atom. The van der Waals surface area contributed by atoms with E-state index in [-0.39, 0.29) is 36.7 Å². The molecule has 0 aliphatic rings. The average molecular weight is 581 g/mol. The number of H-pyrrole nitrogens is 1. The molecule has 0 saturated heterocycles. The van der Waals surface area contributed by atoms with Crippen LogP contribution < -0.4 is 21.7 Å². The lowest BCUT2D eigenvalue weighted by Gasteiger charge is -2.26. The maximum atomic E-state index is 13.6. The number of hydrogen-bond acceptors (Lipinski definition) is 8. The minimum Gasteiger partial charge on any atom is -0.508 e. The highest BCUT2D eigenvalue weighted by Crippen LogP contribution is 2.14. The van der Waals surface area contributed by atoms with E-state index in [2.05, 4.69) is 25.9 Å². The number of carbonyl (C=O) groups excluding carboxylic acids is 3. The van der Waals surface area contributed by atoms with Crippen LogP contribution in [0.4, 0.5) is 0 Å². The van der Waals surface area contributed by atoms with E-state index in [9.17, 15) is 34.5 Å². The van der Waals surface area contributed by atoms with Crippen LogP contribution in [-0.2, 0) is 38.4 Å². The van der Waals surface area contributed by atoms with Gasteiger partial charge in [0.1, 0.15) is 29.6 Å². The first kappa shape index (κ1) is 31.6. The van der Waals surface area contributed by atoms with Crippen LogP contribution in [0.15, 0.2) is 61.1 Å². The smallest absolute Gasteiger partial charge is 0.326 e. The quantitative estimate of drug-likeness (QED) is 0.132. The van der Waals surface area contributed by atoms with Gasteiger partial charge in [-0.25, -0.2) is 9.78 Å². The summed E-state index contributed by atoms with van der Waals surface area (Å²) in [6, 6.07) is 7.44. The molecule has 0 bridgehead atoms. The maximum absolute atomic E-state index is 13.6. The lowest BCUT2D eigenvalue weighted by atomic mass is 10.00.